The maximum atomic E-state index is 14.3. The van der Waals surface area contributed by atoms with Crippen molar-refractivity contribution in [2.45, 2.75) is 5.37 Å². The zero-order chi connectivity index (χ0) is 20.4. The fourth-order valence-corrected chi connectivity index (χ4v) is 4.33. The van der Waals surface area contributed by atoms with Crippen molar-refractivity contribution in [1.29, 1.82) is 0 Å². The summed E-state index contributed by atoms with van der Waals surface area (Å²) in [5, 5.41) is 6.60. The van der Waals surface area contributed by atoms with Gasteiger partial charge in [0, 0.05) is 16.1 Å². The molecule has 4 rings (SSSR count). The Morgan fingerprint density at radius 1 is 1.07 bits per heavy atom. The van der Waals surface area contributed by atoms with Gasteiger partial charge in [-0.2, -0.15) is 5.10 Å². The SMILES string of the molecule is COc1ccccc1C1SC(c2ccc(Cl)cc2)=NN1C(=O)c1ccccc1F. The molecule has 1 atom stereocenters. The van der Waals surface area contributed by atoms with Gasteiger partial charge in [0.1, 0.15) is 22.0 Å². The third-order valence-corrected chi connectivity index (χ3v) is 5.92. The van der Waals surface area contributed by atoms with Gasteiger partial charge in [0.15, 0.2) is 0 Å². The monoisotopic (exact) mass is 426 g/mol. The molecule has 0 N–H and O–H groups in total. The molecule has 0 aromatic heterocycles. The maximum Gasteiger partial charge on any atom is 0.278 e. The first kappa shape index (κ1) is 19.5. The summed E-state index contributed by atoms with van der Waals surface area (Å²) in [6.45, 7) is 0. The number of amides is 1. The van der Waals surface area contributed by atoms with Gasteiger partial charge in [0.05, 0.1) is 12.7 Å². The lowest BCUT2D eigenvalue weighted by Crippen LogP contribution is -2.27. The Morgan fingerprint density at radius 3 is 2.48 bits per heavy atom. The lowest BCUT2D eigenvalue weighted by Gasteiger charge is -2.22. The van der Waals surface area contributed by atoms with E-state index in [1.807, 2.05) is 36.4 Å². The molecule has 4 nitrogen and oxygen atoms in total. The largest absolute Gasteiger partial charge is 0.496 e. The minimum atomic E-state index is -0.587. The molecule has 3 aromatic rings. The number of para-hydroxylation sites is 1. The zero-order valence-electron chi connectivity index (χ0n) is 15.4. The van der Waals surface area contributed by atoms with Crippen LogP contribution in [0.15, 0.2) is 77.9 Å². The van der Waals surface area contributed by atoms with E-state index in [1.54, 1.807) is 31.4 Å². The first-order chi connectivity index (χ1) is 14.1. The van der Waals surface area contributed by atoms with Crippen molar-refractivity contribution in [3.8, 4) is 5.75 Å². The van der Waals surface area contributed by atoms with Crippen molar-refractivity contribution in [3.63, 3.8) is 0 Å². The molecule has 0 radical (unpaired) electrons. The standard InChI is InChI=1S/C22H16ClFN2O2S/c1-28-19-9-5-3-7-17(19)22-26(21(27)16-6-2-4-8-18(16)24)25-20(29-22)14-10-12-15(23)13-11-14/h2-13,22H,1H3. The number of hydrogen-bond donors (Lipinski definition) is 0. The van der Waals surface area contributed by atoms with Crippen LogP contribution in [0.5, 0.6) is 5.75 Å². The second-order valence-electron chi connectivity index (χ2n) is 6.25. The van der Waals surface area contributed by atoms with Gasteiger partial charge in [-0.25, -0.2) is 9.40 Å². The van der Waals surface area contributed by atoms with Crippen LogP contribution in [0.4, 0.5) is 4.39 Å². The highest BCUT2D eigenvalue weighted by atomic mass is 35.5. The molecule has 0 saturated carbocycles. The molecule has 0 fully saturated rings. The predicted octanol–water partition coefficient (Wildman–Crippen LogP) is 5.74. The van der Waals surface area contributed by atoms with E-state index < -0.39 is 17.1 Å². The Bertz CT molecular complexity index is 1090. The summed E-state index contributed by atoms with van der Waals surface area (Å²) >= 11 is 7.39. The second-order valence-corrected chi connectivity index (χ2v) is 7.76. The number of nitrogens with zero attached hydrogens (tertiary/aromatic N) is 2. The number of carbonyl (C=O) groups is 1. The van der Waals surface area contributed by atoms with Crippen LogP contribution >= 0.6 is 23.4 Å². The Morgan fingerprint density at radius 2 is 1.76 bits per heavy atom. The molecule has 3 aromatic carbocycles. The minimum Gasteiger partial charge on any atom is -0.496 e. The Labute approximate surface area is 176 Å². The van der Waals surface area contributed by atoms with Gasteiger partial charge in [-0.15, -0.1) is 0 Å². The molecule has 1 heterocycles. The highest BCUT2D eigenvalue weighted by Crippen LogP contribution is 2.45. The fraction of sp³-hybridized carbons (Fsp3) is 0.0909. The molecule has 0 bridgehead atoms. The summed E-state index contributed by atoms with van der Waals surface area (Å²) in [6.07, 6.45) is 0. The first-order valence-corrected chi connectivity index (χ1v) is 10.1. The van der Waals surface area contributed by atoms with E-state index in [0.29, 0.717) is 15.8 Å². The molecule has 146 valence electrons. The number of hydrazone groups is 1. The number of halogens is 2. The highest BCUT2D eigenvalue weighted by molar-refractivity contribution is 8.14. The lowest BCUT2D eigenvalue weighted by molar-refractivity contribution is 0.0743. The smallest absolute Gasteiger partial charge is 0.278 e. The van der Waals surface area contributed by atoms with E-state index in [1.165, 1.54) is 28.9 Å². The van der Waals surface area contributed by atoms with Gasteiger partial charge in [0.25, 0.3) is 5.91 Å². The number of carbonyl (C=O) groups excluding carboxylic acids is 1. The molecule has 1 aliphatic rings. The average Bonchev–Trinajstić information content (AvgIpc) is 3.19. The summed E-state index contributed by atoms with van der Waals surface area (Å²) in [6, 6.07) is 20.5. The predicted molar refractivity (Wildman–Crippen MR) is 114 cm³/mol. The highest BCUT2D eigenvalue weighted by Gasteiger charge is 2.36. The van der Waals surface area contributed by atoms with Crippen LogP contribution in [0.3, 0.4) is 0 Å². The quantitative estimate of drug-likeness (QED) is 0.534. The Kier molecular flexibility index (Phi) is 5.56. The number of ether oxygens (including phenoxy) is 1. The molecule has 1 unspecified atom stereocenters. The van der Waals surface area contributed by atoms with Gasteiger partial charge in [-0.3, -0.25) is 4.79 Å². The molecule has 7 heteroatoms. The van der Waals surface area contributed by atoms with Gasteiger partial charge in [0.2, 0.25) is 0 Å². The van der Waals surface area contributed by atoms with Crippen LogP contribution in [0.2, 0.25) is 5.02 Å². The number of benzene rings is 3. The van der Waals surface area contributed by atoms with Gasteiger partial charge in [-0.05, 0) is 30.3 Å². The number of rotatable bonds is 4. The Hall–Kier alpha value is -2.83. The average molecular weight is 427 g/mol. The second kappa shape index (κ2) is 8.27. The zero-order valence-corrected chi connectivity index (χ0v) is 17.0. The first-order valence-electron chi connectivity index (χ1n) is 8.80. The van der Waals surface area contributed by atoms with Gasteiger partial charge in [-0.1, -0.05) is 65.8 Å². The topological polar surface area (TPSA) is 41.9 Å². The van der Waals surface area contributed by atoms with Crippen molar-refractivity contribution in [1.82, 2.24) is 5.01 Å². The van der Waals surface area contributed by atoms with Crippen LogP contribution < -0.4 is 4.74 Å². The number of methoxy groups -OCH3 is 1. The third kappa shape index (κ3) is 3.86. The Balaban J connectivity index is 1.78. The van der Waals surface area contributed by atoms with Crippen molar-refractivity contribution < 1.29 is 13.9 Å². The van der Waals surface area contributed by atoms with Crippen LogP contribution in [-0.2, 0) is 0 Å². The van der Waals surface area contributed by atoms with E-state index in [2.05, 4.69) is 5.10 Å². The van der Waals surface area contributed by atoms with Crippen LogP contribution in [0, 0.1) is 5.82 Å². The van der Waals surface area contributed by atoms with Crippen molar-refractivity contribution >= 4 is 34.3 Å². The number of hydrogen-bond acceptors (Lipinski definition) is 4. The fourth-order valence-electron chi connectivity index (χ4n) is 3.02. The van der Waals surface area contributed by atoms with E-state index in [-0.39, 0.29) is 5.56 Å². The molecule has 1 aliphatic heterocycles. The maximum absolute atomic E-state index is 14.3. The summed E-state index contributed by atoms with van der Waals surface area (Å²) in [5.74, 6) is -0.476. The van der Waals surface area contributed by atoms with Crippen LogP contribution in [-0.4, -0.2) is 23.1 Å². The van der Waals surface area contributed by atoms with Crippen LogP contribution in [0.1, 0.15) is 26.9 Å². The molecular weight excluding hydrogens is 411 g/mol. The van der Waals surface area contributed by atoms with E-state index >= 15 is 0 Å². The molecular formula is C22H16ClFN2O2S. The third-order valence-electron chi connectivity index (χ3n) is 4.45. The van der Waals surface area contributed by atoms with Crippen molar-refractivity contribution in [3.05, 3.63) is 100 Å². The van der Waals surface area contributed by atoms with E-state index in [9.17, 15) is 9.18 Å². The normalized spacial score (nSPS) is 15.9. The molecule has 0 spiro atoms. The van der Waals surface area contributed by atoms with Crippen molar-refractivity contribution in [2.75, 3.05) is 7.11 Å². The molecule has 29 heavy (non-hydrogen) atoms. The molecule has 0 saturated heterocycles. The van der Waals surface area contributed by atoms with Crippen molar-refractivity contribution in [2.24, 2.45) is 5.10 Å². The summed E-state index contributed by atoms with van der Waals surface area (Å²) in [5.41, 5.74) is 1.56. The van der Waals surface area contributed by atoms with Gasteiger partial charge >= 0.3 is 0 Å². The summed E-state index contributed by atoms with van der Waals surface area (Å²) in [7, 11) is 1.57. The summed E-state index contributed by atoms with van der Waals surface area (Å²) < 4.78 is 19.8. The number of thioether (sulfide) groups is 1. The van der Waals surface area contributed by atoms with E-state index in [0.717, 1.165) is 11.1 Å². The molecule has 1 amide bonds. The summed E-state index contributed by atoms with van der Waals surface area (Å²) in [4.78, 5) is 13.2. The van der Waals surface area contributed by atoms with E-state index in [4.69, 9.17) is 16.3 Å². The lowest BCUT2D eigenvalue weighted by atomic mass is 10.1. The minimum absolute atomic E-state index is 0.0332. The van der Waals surface area contributed by atoms with Crippen LogP contribution in [0.25, 0.3) is 0 Å². The van der Waals surface area contributed by atoms with Gasteiger partial charge < -0.3 is 4.74 Å². The molecule has 0 aliphatic carbocycles.